The van der Waals surface area contributed by atoms with E-state index in [2.05, 4.69) is 21.2 Å². The molecule has 2 unspecified atom stereocenters. The Labute approximate surface area is 114 Å². The number of amides is 1. The highest BCUT2D eigenvalue weighted by molar-refractivity contribution is 9.10. The first-order valence-electron chi connectivity index (χ1n) is 6.10. The molecule has 0 radical (unpaired) electrons. The van der Waals surface area contributed by atoms with E-state index in [1.54, 1.807) is 12.1 Å². The first-order chi connectivity index (χ1) is 8.59. The van der Waals surface area contributed by atoms with Crippen LogP contribution in [0.5, 0.6) is 0 Å². The molecule has 0 aromatic heterocycles. The second-order valence-electron chi connectivity index (χ2n) is 4.64. The maximum atomic E-state index is 13.6. The summed E-state index contributed by atoms with van der Waals surface area (Å²) >= 11 is 3.23. The van der Waals surface area contributed by atoms with Crippen molar-refractivity contribution in [1.29, 1.82) is 0 Å². The lowest BCUT2D eigenvalue weighted by molar-refractivity contribution is -0.121. The molecule has 18 heavy (non-hydrogen) atoms. The van der Waals surface area contributed by atoms with E-state index in [9.17, 15) is 9.18 Å². The average molecular weight is 315 g/mol. The minimum absolute atomic E-state index is 0.121. The van der Waals surface area contributed by atoms with Crippen LogP contribution >= 0.6 is 15.9 Å². The number of anilines is 1. The van der Waals surface area contributed by atoms with Crippen molar-refractivity contribution >= 4 is 27.5 Å². The molecule has 98 valence electrons. The van der Waals surface area contributed by atoms with Crippen LogP contribution in [-0.4, -0.2) is 11.9 Å². The van der Waals surface area contributed by atoms with Gasteiger partial charge in [0, 0.05) is 10.5 Å². The molecule has 0 aliphatic heterocycles. The van der Waals surface area contributed by atoms with Crippen LogP contribution < -0.4 is 11.1 Å². The Bertz CT molecular complexity index is 432. The largest absolute Gasteiger partial charge is 0.327 e. The molecule has 3 nitrogen and oxygen atoms in total. The highest BCUT2D eigenvalue weighted by atomic mass is 79.9. The van der Waals surface area contributed by atoms with Gasteiger partial charge >= 0.3 is 0 Å². The summed E-state index contributed by atoms with van der Waals surface area (Å²) in [6, 6.07) is 4.48. The predicted molar refractivity (Wildman–Crippen MR) is 72.7 cm³/mol. The third-order valence-electron chi connectivity index (χ3n) is 3.37. The molecule has 2 atom stereocenters. The maximum absolute atomic E-state index is 13.6. The SMILES string of the molecule is NC1CCCCC1C(=O)Nc1c(F)cccc1Br. The molecular weight excluding hydrogens is 299 g/mol. The second kappa shape index (κ2) is 5.80. The van der Waals surface area contributed by atoms with Crippen LogP contribution in [0.25, 0.3) is 0 Å². The van der Waals surface area contributed by atoms with Gasteiger partial charge in [-0.15, -0.1) is 0 Å². The van der Waals surface area contributed by atoms with Crippen molar-refractivity contribution in [3.63, 3.8) is 0 Å². The number of nitrogens with two attached hydrogens (primary N) is 1. The van der Waals surface area contributed by atoms with E-state index in [0.717, 1.165) is 25.7 Å². The van der Waals surface area contributed by atoms with Gasteiger partial charge in [-0.05, 0) is 40.9 Å². The molecule has 1 aliphatic carbocycles. The van der Waals surface area contributed by atoms with Gasteiger partial charge in [-0.25, -0.2) is 4.39 Å². The first-order valence-corrected chi connectivity index (χ1v) is 6.89. The highest BCUT2D eigenvalue weighted by Gasteiger charge is 2.28. The molecular formula is C13H16BrFN2O. The van der Waals surface area contributed by atoms with Gasteiger partial charge in [0.1, 0.15) is 5.82 Å². The summed E-state index contributed by atoms with van der Waals surface area (Å²) in [5, 5.41) is 2.64. The van der Waals surface area contributed by atoms with E-state index >= 15 is 0 Å². The fourth-order valence-corrected chi connectivity index (χ4v) is 2.76. The number of hydrogen-bond acceptors (Lipinski definition) is 2. The lowest BCUT2D eigenvalue weighted by atomic mass is 9.84. The van der Waals surface area contributed by atoms with Crippen molar-refractivity contribution in [2.45, 2.75) is 31.7 Å². The summed E-state index contributed by atoms with van der Waals surface area (Å²) in [5.41, 5.74) is 6.14. The molecule has 1 amide bonds. The Hall–Kier alpha value is -0.940. The number of para-hydroxylation sites is 1. The molecule has 0 bridgehead atoms. The molecule has 1 saturated carbocycles. The zero-order valence-corrected chi connectivity index (χ0v) is 11.5. The van der Waals surface area contributed by atoms with Crippen molar-refractivity contribution in [3.8, 4) is 0 Å². The van der Waals surface area contributed by atoms with Crippen LogP contribution in [-0.2, 0) is 4.79 Å². The molecule has 1 aromatic carbocycles. The zero-order chi connectivity index (χ0) is 13.1. The first kappa shape index (κ1) is 13.5. The Balaban J connectivity index is 2.11. The van der Waals surface area contributed by atoms with Gasteiger partial charge in [0.15, 0.2) is 0 Å². The molecule has 0 spiro atoms. The van der Waals surface area contributed by atoms with Crippen LogP contribution in [0.15, 0.2) is 22.7 Å². The Morgan fingerprint density at radius 3 is 2.78 bits per heavy atom. The lowest BCUT2D eigenvalue weighted by Crippen LogP contribution is -2.40. The van der Waals surface area contributed by atoms with E-state index in [-0.39, 0.29) is 23.6 Å². The number of hydrogen-bond donors (Lipinski definition) is 2. The lowest BCUT2D eigenvalue weighted by Gasteiger charge is -2.27. The Morgan fingerprint density at radius 1 is 1.39 bits per heavy atom. The summed E-state index contributed by atoms with van der Waals surface area (Å²) in [6.07, 6.45) is 3.70. The molecule has 1 fully saturated rings. The van der Waals surface area contributed by atoms with Crippen molar-refractivity contribution in [2.24, 2.45) is 11.7 Å². The van der Waals surface area contributed by atoms with E-state index in [4.69, 9.17) is 5.73 Å². The topological polar surface area (TPSA) is 55.1 Å². The smallest absolute Gasteiger partial charge is 0.229 e. The fraction of sp³-hybridized carbons (Fsp3) is 0.462. The molecule has 3 N–H and O–H groups in total. The summed E-state index contributed by atoms with van der Waals surface area (Å²) in [4.78, 5) is 12.1. The summed E-state index contributed by atoms with van der Waals surface area (Å²) in [6.45, 7) is 0. The quantitative estimate of drug-likeness (QED) is 0.881. The molecule has 1 aromatic rings. The number of carbonyl (C=O) groups is 1. The second-order valence-corrected chi connectivity index (χ2v) is 5.50. The standard InChI is InChI=1S/C13H16BrFN2O/c14-9-5-3-6-10(15)12(9)17-13(18)8-4-1-2-7-11(8)16/h3,5-6,8,11H,1-2,4,7,16H2,(H,17,18). The van der Waals surface area contributed by atoms with Gasteiger partial charge in [-0.1, -0.05) is 18.9 Å². The van der Waals surface area contributed by atoms with Gasteiger partial charge in [0.25, 0.3) is 0 Å². The van der Waals surface area contributed by atoms with Crippen molar-refractivity contribution < 1.29 is 9.18 Å². The minimum Gasteiger partial charge on any atom is -0.327 e. The third-order valence-corrected chi connectivity index (χ3v) is 4.03. The van der Waals surface area contributed by atoms with Crippen LogP contribution in [0.1, 0.15) is 25.7 Å². The molecule has 0 saturated heterocycles. The number of nitrogens with one attached hydrogen (secondary N) is 1. The van der Waals surface area contributed by atoms with Crippen LogP contribution in [0, 0.1) is 11.7 Å². The van der Waals surface area contributed by atoms with Crippen molar-refractivity contribution in [1.82, 2.24) is 0 Å². The van der Waals surface area contributed by atoms with Crippen molar-refractivity contribution in [2.75, 3.05) is 5.32 Å². The Morgan fingerprint density at radius 2 is 2.11 bits per heavy atom. The number of rotatable bonds is 2. The number of benzene rings is 1. The normalized spacial score (nSPS) is 23.7. The number of carbonyl (C=O) groups excluding carboxylic acids is 1. The van der Waals surface area contributed by atoms with Gasteiger partial charge < -0.3 is 11.1 Å². The highest BCUT2D eigenvalue weighted by Crippen LogP contribution is 2.28. The van der Waals surface area contributed by atoms with Crippen LogP contribution in [0.2, 0.25) is 0 Å². The minimum atomic E-state index is -0.442. The predicted octanol–water partition coefficient (Wildman–Crippen LogP) is 3.04. The number of halogens is 2. The average Bonchev–Trinajstić information content (AvgIpc) is 2.34. The van der Waals surface area contributed by atoms with Crippen molar-refractivity contribution in [3.05, 3.63) is 28.5 Å². The monoisotopic (exact) mass is 314 g/mol. The zero-order valence-electron chi connectivity index (χ0n) is 9.96. The van der Waals surface area contributed by atoms with Crippen LogP contribution in [0.3, 0.4) is 0 Å². The summed E-state index contributed by atoms with van der Waals surface area (Å²) < 4.78 is 14.1. The molecule has 5 heteroatoms. The van der Waals surface area contributed by atoms with Crippen LogP contribution in [0.4, 0.5) is 10.1 Å². The summed E-state index contributed by atoms with van der Waals surface area (Å²) in [7, 11) is 0. The van der Waals surface area contributed by atoms with Gasteiger partial charge in [-0.3, -0.25) is 4.79 Å². The Kier molecular flexibility index (Phi) is 4.35. The van der Waals surface area contributed by atoms with E-state index < -0.39 is 5.82 Å². The van der Waals surface area contributed by atoms with E-state index in [1.807, 2.05) is 0 Å². The maximum Gasteiger partial charge on any atom is 0.229 e. The third kappa shape index (κ3) is 2.90. The fourth-order valence-electron chi connectivity index (χ4n) is 2.32. The van der Waals surface area contributed by atoms with E-state index in [0.29, 0.717) is 4.47 Å². The van der Waals surface area contributed by atoms with Gasteiger partial charge in [-0.2, -0.15) is 0 Å². The molecule has 0 heterocycles. The summed E-state index contributed by atoms with van der Waals surface area (Å²) in [5.74, 6) is -0.847. The molecule has 1 aliphatic rings. The van der Waals surface area contributed by atoms with Gasteiger partial charge in [0.05, 0.1) is 11.6 Å². The van der Waals surface area contributed by atoms with E-state index in [1.165, 1.54) is 6.07 Å². The molecule has 2 rings (SSSR count). The van der Waals surface area contributed by atoms with Gasteiger partial charge in [0.2, 0.25) is 5.91 Å².